The molecular formula is C17H15F6NO. The highest BCUT2D eigenvalue weighted by atomic mass is 19.4. The van der Waals surface area contributed by atoms with Crippen LogP contribution in [0.25, 0.3) is 0 Å². The van der Waals surface area contributed by atoms with E-state index in [1.165, 1.54) is 0 Å². The van der Waals surface area contributed by atoms with Gasteiger partial charge in [0.05, 0.1) is 11.1 Å². The molecule has 136 valence electrons. The maximum absolute atomic E-state index is 12.8. The molecule has 0 radical (unpaired) electrons. The van der Waals surface area contributed by atoms with Crippen LogP contribution in [0.4, 0.5) is 32.0 Å². The van der Waals surface area contributed by atoms with Crippen LogP contribution in [0.1, 0.15) is 27.8 Å². The highest BCUT2D eigenvalue weighted by Gasteiger charge is 2.36. The second kappa shape index (κ2) is 6.50. The fraction of sp³-hybridized carbons (Fsp3) is 0.294. The molecule has 2 nitrogen and oxygen atoms in total. The first-order valence-electron chi connectivity index (χ1n) is 7.20. The Morgan fingerprint density at radius 2 is 1.36 bits per heavy atom. The van der Waals surface area contributed by atoms with Crippen LogP contribution >= 0.6 is 0 Å². The van der Waals surface area contributed by atoms with Gasteiger partial charge in [-0.05, 0) is 37.6 Å². The molecule has 2 aromatic rings. The van der Waals surface area contributed by atoms with E-state index in [-0.39, 0.29) is 24.0 Å². The van der Waals surface area contributed by atoms with E-state index in [4.69, 9.17) is 0 Å². The first-order chi connectivity index (χ1) is 11.4. The number of hydrogen-bond donors (Lipinski definition) is 2. The van der Waals surface area contributed by atoms with E-state index in [0.717, 1.165) is 5.56 Å². The number of nitrogens with one attached hydrogen (secondary N) is 1. The Balaban J connectivity index is 2.36. The molecule has 2 rings (SSSR count). The standard InChI is InChI=1S/C17H15F6NO/c1-9-3-10(2)15(25)11(4-9)8-24-14-6-12(16(18,19)20)5-13(7-14)17(21,22)23/h3-7,24-25H,8H2,1-2H3. The number of alkyl halides is 6. The molecule has 0 saturated carbocycles. The van der Waals surface area contributed by atoms with Gasteiger partial charge in [0.15, 0.2) is 0 Å². The molecule has 2 aromatic carbocycles. The largest absolute Gasteiger partial charge is 0.507 e. The minimum atomic E-state index is -4.90. The zero-order valence-corrected chi connectivity index (χ0v) is 13.3. The quantitative estimate of drug-likeness (QED) is 0.690. The lowest BCUT2D eigenvalue weighted by Crippen LogP contribution is -2.12. The van der Waals surface area contributed by atoms with Crippen molar-refractivity contribution in [1.82, 2.24) is 0 Å². The number of halogens is 6. The minimum absolute atomic E-state index is 0.0545. The van der Waals surface area contributed by atoms with Crippen molar-refractivity contribution in [3.63, 3.8) is 0 Å². The molecule has 2 N–H and O–H groups in total. The van der Waals surface area contributed by atoms with Crippen LogP contribution in [0.2, 0.25) is 0 Å². The Morgan fingerprint density at radius 3 is 1.84 bits per heavy atom. The predicted octanol–water partition coefficient (Wildman–Crippen LogP) is 5.66. The van der Waals surface area contributed by atoms with Crippen LogP contribution in [-0.4, -0.2) is 5.11 Å². The molecule has 0 unspecified atom stereocenters. The van der Waals surface area contributed by atoms with Crippen LogP contribution in [0.15, 0.2) is 30.3 Å². The summed E-state index contributed by atoms with van der Waals surface area (Å²) in [6, 6.07) is 4.60. The van der Waals surface area contributed by atoms with Crippen molar-refractivity contribution < 1.29 is 31.4 Å². The van der Waals surface area contributed by atoms with Gasteiger partial charge in [0.25, 0.3) is 0 Å². The third-order valence-corrected chi connectivity index (χ3v) is 3.59. The number of anilines is 1. The van der Waals surface area contributed by atoms with Gasteiger partial charge in [0.1, 0.15) is 5.75 Å². The molecule has 25 heavy (non-hydrogen) atoms. The minimum Gasteiger partial charge on any atom is -0.507 e. The van der Waals surface area contributed by atoms with Crippen molar-refractivity contribution in [3.8, 4) is 5.75 Å². The van der Waals surface area contributed by atoms with Crippen molar-refractivity contribution in [2.24, 2.45) is 0 Å². The molecule has 0 aliphatic heterocycles. The Kier molecular flexibility index (Phi) is 4.92. The molecule has 0 fully saturated rings. The normalized spacial score (nSPS) is 12.3. The number of aromatic hydroxyl groups is 1. The predicted molar refractivity (Wildman–Crippen MR) is 81.4 cm³/mol. The molecule has 0 aliphatic carbocycles. The molecule has 0 atom stereocenters. The summed E-state index contributed by atoms with van der Waals surface area (Å²) in [5.74, 6) is -0.0545. The van der Waals surface area contributed by atoms with Crippen LogP contribution in [-0.2, 0) is 18.9 Å². The second-order valence-electron chi connectivity index (χ2n) is 5.74. The molecule has 0 heterocycles. The number of phenolic OH excluding ortho intramolecular Hbond substituents is 1. The van der Waals surface area contributed by atoms with E-state index in [0.29, 0.717) is 23.3 Å². The average Bonchev–Trinajstić information content (AvgIpc) is 2.47. The van der Waals surface area contributed by atoms with Gasteiger partial charge >= 0.3 is 12.4 Å². The van der Waals surface area contributed by atoms with Gasteiger partial charge < -0.3 is 10.4 Å². The van der Waals surface area contributed by atoms with Gasteiger partial charge in [-0.25, -0.2) is 0 Å². The SMILES string of the molecule is Cc1cc(C)c(O)c(CNc2cc(C(F)(F)F)cc(C(F)(F)F)c2)c1. The zero-order chi connectivity index (χ0) is 19.0. The van der Waals surface area contributed by atoms with Gasteiger partial charge in [-0.1, -0.05) is 17.7 Å². The molecule has 0 aromatic heterocycles. The van der Waals surface area contributed by atoms with E-state index >= 15 is 0 Å². The molecule has 0 amide bonds. The Labute approximate surface area is 140 Å². The maximum atomic E-state index is 12.8. The maximum Gasteiger partial charge on any atom is 0.416 e. The van der Waals surface area contributed by atoms with Crippen LogP contribution in [0.3, 0.4) is 0 Å². The smallest absolute Gasteiger partial charge is 0.416 e. The third-order valence-electron chi connectivity index (χ3n) is 3.59. The van der Waals surface area contributed by atoms with E-state index < -0.39 is 23.5 Å². The van der Waals surface area contributed by atoms with E-state index in [1.807, 2.05) is 0 Å². The number of aryl methyl sites for hydroxylation is 2. The highest BCUT2D eigenvalue weighted by molar-refractivity contribution is 5.52. The van der Waals surface area contributed by atoms with Crippen LogP contribution in [0.5, 0.6) is 5.75 Å². The Hall–Kier alpha value is -2.38. The summed E-state index contributed by atoms with van der Waals surface area (Å²) in [7, 11) is 0. The first-order valence-corrected chi connectivity index (χ1v) is 7.20. The number of rotatable bonds is 3. The Bertz CT molecular complexity index is 748. The first kappa shape index (κ1) is 19.0. The fourth-order valence-corrected chi connectivity index (χ4v) is 2.44. The van der Waals surface area contributed by atoms with Crippen molar-refractivity contribution in [2.75, 3.05) is 5.32 Å². The Morgan fingerprint density at radius 1 is 0.840 bits per heavy atom. The summed E-state index contributed by atoms with van der Waals surface area (Å²) in [6.45, 7) is 3.30. The lowest BCUT2D eigenvalue weighted by atomic mass is 10.0. The van der Waals surface area contributed by atoms with Gasteiger partial charge in [-0.3, -0.25) is 0 Å². The topological polar surface area (TPSA) is 32.3 Å². The molecule has 0 aliphatic rings. The van der Waals surface area contributed by atoms with Crippen LogP contribution in [0, 0.1) is 13.8 Å². The second-order valence-corrected chi connectivity index (χ2v) is 5.74. The lowest BCUT2D eigenvalue weighted by Gasteiger charge is -2.16. The summed E-state index contributed by atoms with van der Waals surface area (Å²) in [5, 5.41) is 12.5. The number of benzene rings is 2. The van der Waals surface area contributed by atoms with E-state index in [2.05, 4.69) is 5.32 Å². The number of phenols is 1. The van der Waals surface area contributed by atoms with E-state index in [1.54, 1.807) is 26.0 Å². The van der Waals surface area contributed by atoms with Crippen molar-refractivity contribution >= 4 is 5.69 Å². The average molecular weight is 363 g/mol. The van der Waals surface area contributed by atoms with Crippen molar-refractivity contribution in [3.05, 3.63) is 58.1 Å². The molecule has 0 bridgehead atoms. The summed E-state index contributed by atoms with van der Waals surface area (Å²) in [5.41, 5.74) is -1.36. The van der Waals surface area contributed by atoms with E-state index in [9.17, 15) is 31.4 Å². The number of hydrogen-bond acceptors (Lipinski definition) is 2. The molecule has 8 heteroatoms. The summed E-state index contributed by atoms with van der Waals surface area (Å²) >= 11 is 0. The van der Waals surface area contributed by atoms with Crippen molar-refractivity contribution in [2.45, 2.75) is 32.7 Å². The molecule has 0 spiro atoms. The molecular weight excluding hydrogens is 348 g/mol. The summed E-state index contributed by atoms with van der Waals surface area (Å²) < 4.78 is 77.0. The molecule has 0 saturated heterocycles. The van der Waals surface area contributed by atoms with Gasteiger partial charge in [0.2, 0.25) is 0 Å². The van der Waals surface area contributed by atoms with Gasteiger partial charge in [-0.2, -0.15) is 26.3 Å². The van der Waals surface area contributed by atoms with Gasteiger partial charge in [-0.15, -0.1) is 0 Å². The van der Waals surface area contributed by atoms with Crippen molar-refractivity contribution in [1.29, 1.82) is 0 Å². The fourth-order valence-electron chi connectivity index (χ4n) is 2.44. The van der Waals surface area contributed by atoms with Crippen LogP contribution < -0.4 is 5.32 Å². The van der Waals surface area contributed by atoms with Gasteiger partial charge in [0, 0.05) is 17.8 Å². The monoisotopic (exact) mass is 363 g/mol. The highest BCUT2D eigenvalue weighted by Crippen LogP contribution is 2.37. The third kappa shape index (κ3) is 4.58. The zero-order valence-electron chi connectivity index (χ0n) is 13.3. The lowest BCUT2D eigenvalue weighted by molar-refractivity contribution is -0.143. The summed E-state index contributed by atoms with van der Waals surface area (Å²) in [6.07, 6.45) is -9.81. The summed E-state index contributed by atoms with van der Waals surface area (Å²) in [4.78, 5) is 0.